The van der Waals surface area contributed by atoms with Crippen molar-refractivity contribution in [2.24, 2.45) is 0 Å². The quantitative estimate of drug-likeness (QED) is 0.661. The van der Waals surface area contributed by atoms with Crippen LogP contribution >= 0.6 is 0 Å². The first-order valence-corrected chi connectivity index (χ1v) is 5.43. The van der Waals surface area contributed by atoms with Crippen LogP contribution < -0.4 is 0 Å². The number of hydrogen-bond donors (Lipinski definition) is 0. The molecule has 1 aliphatic carbocycles. The molecule has 0 amide bonds. The molecule has 1 aliphatic rings. The van der Waals surface area contributed by atoms with Crippen molar-refractivity contribution in [1.29, 1.82) is 0 Å². The summed E-state index contributed by atoms with van der Waals surface area (Å²) in [5.74, 6) is -0.148. The molecule has 0 fully saturated rings. The van der Waals surface area contributed by atoms with Crippen molar-refractivity contribution < 1.29 is 9.53 Å². The number of rotatable bonds is 4. The molecule has 3 heteroatoms. The van der Waals surface area contributed by atoms with Gasteiger partial charge in [0, 0.05) is 6.04 Å². The van der Waals surface area contributed by atoms with Gasteiger partial charge in [0.2, 0.25) is 0 Å². The van der Waals surface area contributed by atoms with Gasteiger partial charge in [0.15, 0.2) is 0 Å². The lowest BCUT2D eigenvalue weighted by Crippen LogP contribution is -2.35. The van der Waals surface area contributed by atoms with Crippen LogP contribution in [0.5, 0.6) is 0 Å². The highest BCUT2D eigenvalue weighted by Gasteiger charge is 2.15. The van der Waals surface area contributed by atoms with E-state index in [4.69, 9.17) is 4.74 Å². The van der Waals surface area contributed by atoms with Gasteiger partial charge in [-0.3, -0.25) is 9.69 Å². The number of allylic oxidation sites excluding steroid dienone is 3. The Balaban J connectivity index is 2.39. The Bertz CT molecular complexity index is 258. The SMILES string of the molecule is CCOC(=O)CN(C)C1C=CC=CCC1. The van der Waals surface area contributed by atoms with Crippen LogP contribution in [-0.4, -0.2) is 37.1 Å². The molecule has 1 unspecified atom stereocenters. The van der Waals surface area contributed by atoms with Crippen molar-refractivity contribution in [1.82, 2.24) is 4.90 Å². The molecule has 0 aromatic carbocycles. The lowest BCUT2D eigenvalue weighted by Gasteiger charge is -2.23. The number of nitrogens with zero attached hydrogens (tertiary/aromatic N) is 1. The maximum absolute atomic E-state index is 11.3. The van der Waals surface area contributed by atoms with Gasteiger partial charge in [-0.05, 0) is 26.8 Å². The molecule has 0 aromatic heterocycles. The zero-order valence-corrected chi connectivity index (χ0v) is 9.48. The normalized spacial score (nSPS) is 20.3. The fourth-order valence-corrected chi connectivity index (χ4v) is 1.63. The van der Waals surface area contributed by atoms with Crippen molar-refractivity contribution in [3.63, 3.8) is 0 Å². The summed E-state index contributed by atoms with van der Waals surface area (Å²) in [6, 6.07) is 0.337. The van der Waals surface area contributed by atoms with Gasteiger partial charge < -0.3 is 4.74 Å². The summed E-state index contributed by atoms with van der Waals surface area (Å²) in [6.45, 7) is 2.64. The van der Waals surface area contributed by atoms with E-state index in [1.54, 1.807) is 0 Å². The van der Waals surface area contributed by atoms with Gasteiger partial charge in [-0.25, -0.2) is 0 Å². The molecular formula is C12H19NO2. The second kappa shape index (κ2) is 6.40. The van der Waals surface area contributed by atoms with E-state index in [0.29, 0.717) is 19.2 Å². The Morgan fingerprint density at radius 2 is 2.33 bits per heavy atom. The van der Waals surface area contributed by atoms with Gasteiger partial charge in [-0.2, -0.15) is 0 Å². The first kappa shape index (κ1) is 12.0. The average Bonchev–Trinajstić information content (AvgIpc) is 2.45. The topological polar surface area (TPSA) is 29.5 Å². The molecule has 0 radical (unpaired) electrons. The number of ether oxygens (including phenoxy) is 1. The van der Waals surface area contributed by atoms with Gasteiger partial charge in [0.05, 0.1) is 13.2 Å². The number of carbonyl (C=O) groups is 1. The summed E-state index contributed by atoms with van der Waals surface area (Å²) in [5.41, 5.74) is 0. The minimum Gasteiger partial charge on any atom is -0.465 e. The number of hydrogen-bond acceptors (Lipinski definition) is 3. The van der Waals surface area contributed by atoms with E-state index in [1.807, 2.05) is 24.9 Å². The van der Waals surface area contributed by atoms with Gasteiger partial charge >= 0.3 is 5.97 Å². The van der Waals surface area contributed by atoms with E-state index in [1.165, 1.54) is 0 Å². The summed E-state index contributed by atoms with van der Waals surface area (Å²) in [5, 5.41) is 0. The molecule has 0 N–H and O–H groups in total. The van der Waals surface area contributed by atoms with Crippen LogP contribution in [0.15, 0.2) is 24.3 Å². The molecule has 0 saturated heterocycles. The van der Waals surface area contributed by atoms with Crippen LogP contribution in [-0.2, 0) is 9.53 Å². The van der Waals surface area contributed by atoms with Gasteiger partial charge in [0.25, 0.3) is 0 Å². The van der Waals surface area contributed by atoms with Crippen molar-refractivity contribution in [2.45, 2.75) is 25.8 Å². The fraction of sp³-hybridized carbons (Fsp3) is 0.583. The molecule has 0 aromatic rings. The van der Waals surface area contributed by atoms with Crippen molar-refractivity contribution >= 4 is 5.97 Å². The minimum absolute atomic E-state index is 0.148. The van der Waals surface area contributed by atoms with Crippen LogP contribution in [0.25, 0.3) is 0 Å². The Labute approximate surface area is 91.4 Å². The Kier molecular flexibility index (Phi) is 5.12. The molecule has 0 saturated carbocycles. The molecule has 0 bridgehead atoms. The first-order valence-electron chi connectivity index (χ1n) is 5.43. The first-order chi connectivity index (χ1) is 7.24. The monoisotopic (exact) mass is 209 g/mol. The Morgan fingerprint density at radius 3 is 3.07 bits per heavy atom. The second-order valence-electron chi connectivity index (χ2n) is 3.68. The molecular weight excluding hydrogens is 190 g/mol. The zero-order chi connectivity index (χ0) is 11.1. The zero-order valence-electron chi connectivity index (χ0n) is 9.48. The van der Waals surface area contributed by atoms with Crippen LogP contribution in [0, 0.1) is 0 Å². The predicted octanol–water partition coefficient (Wildman–Crippen LogP) is 1.76. The Morgan fingerprint density at radius 1 is 1.53 bits per heavy atom. The smallest absolute Gasteiger partial charge is 0.320 e. The van der Waals surface area contributed by atoms with Crippen molar-refractivity contribution in [3.8, 4) is 0 Å². The molecule has 1 rings (SSSR count). The third-order valence-electron chi connectivity index (χ3n) is 2.46. The van der Waals surface area contributed by atoms with Gasteiger partial charge in [0.1, 0.15) is 0 Å². The summed E-state index contributed by atoms with van der Waals surface area (Å²) in [4.78, 5) is 13.3. The van der Waals surface area contributed by atoms with E-state index >= 15 is 0 Å². The summed E-state index contributed by atoms with van der Waals surface area (Å²) < 4.78 is 4.91. The lowest BCUT2D eigenvalue weighted by atomic mass is 10.1. The lowest BCUT2D eigenvalue weighted by molar-refractivity contribution is -0.144. The Hall–Kier alpha value is -1.09. The van der Waals surface area contributed by atoms with Gasteiger partial charge in [-0.15, -0.1) is 0 Å². The number of esters is 1. The van der Waals surface area contributed by atoms with E-state index in [0.717, 1.165) is 12.8 Å². The van der Waals surface area contributed by atoms with Crippen LogP contribution in [0.1, 0.15) is 19.8 Å². The largest absolute Gasteiger partial charge is 0.465 e. The maximum atomic E-state index is 11.3. The highest BCUT2D eigenvalue weighted by atomic mass is 16.5. The molecule has 0 aliphatic heterocycles. The van der Waals surface area contributed by atoms with Crippen LogP contribution in [0.3, 0.4) is 0 Å². The van der Waals surface area contributed by atoms with Crippen LogP contribution in [0.2, 0.25) is 0 Å². The van der Waals surface area contributed by atoms with E-state index < -0.39 is 0 Å². The summed E-state index contributed by atoms with van der Waals surface area (Å²) in [7, 11) is 1.96. The van der Waals surface area contributed by atoms with Crippen LogP contribution in [0.4, 0.5) is 0 Å². The van der Waals surface area contributed by atoms with Crippen molar-refractivity contribution in [3.05, 3.63) is 24.3 Å². The van der Waals surface area contributed by atoms with E-state index in [9.17, 15) is 4.79 Å². The third kappa shape index (κ3) is 4.30. The predicted molar refractivity (Wildman–Crippen MR) is 60.6 cm³/mol. The number of carbonyl (C=O) groups excluding carboxylic acids is 1. The summed E-state index contributed by atoms with van der Waals surface area (Å²) >= 11 is 0. The third-order valence-corrected chi connectivity index (χ3v) is 2.46. The van der Waals surface area contributed by atoms with E-state index in [-0.39, 0.29) is 5.97 Å². The maximum Gasteiger partial charge on any atom is 0.320 e. The second-order valence-corrected chi connectivity index (χ2v) is 3.68. The molecule has 3 nitrogen and oxygen atoms in total. The highest BCUT2D eigenvalue weighted by molar-refractivity contribution is 5.71. The highest BCUT2D eigenvalue weighted by Crippen LogP contribution is 2.10. The standard InChI is InChI=1S/C12H19NO2/c1-3-15-12(14)10-13(2)11-8-6-4-5-7-9-11/h4-6,8,11H,3,7,9-10H2,1-2H3. The molecule has 84 valence electrons. The van der Waals surface area contributed by atoms with Crippen molar-refractivity contribution in [2.75, 3.05) is 20.2 Å². The molecule has 15 heavy (non-hydrogen) atoms. The summed E-state index contributed by atoms with van der Waals surface area (Å²) in [6.07, 6.45) is 10.5. The van der Waals surface area contributed by atoms with Gasteiger partial charge in [-0.1, -0.05) is 24.3 Å². The average molecular weight is 209 g/mol. The minimum atomic E-state index is -0.148. The number of likely N-dealkylation sites (N-methyl/N-ethyl adjacent to an activating group) is 1. The molecule has 0 spiro atoms. The molecule has 0 heterocycles. The van der Waals surface area contributed by atoms with E-state index in [2.05, 4.69) is 18.2 Å². The fourth-order valence-electron chi connectivity index (χ4n) is 1.63. The molecule has 1 atom stereocenters.